The Morgan fingerprint density at radius 2 is 2.10 bits per heavy atom. The second-order valence-electron chi connectivity index (χ2n) is 4.21. The van der Waals surface area contributed by atoms with Crippen LogP contribution in [0.25, 0.3) is 0 Å². The maximum atomic E-state index is 13.1. The lowest BCUT2D eigenvalue weighted by atomic mass is 10.2. The van der Waals surface area contributed by atoms with Crippen molar-refractivity contribution in [2.45, 2.75) is 19.8 Å². The predicted molar refractivity (Wildman–Crippen MR) is 77.3 cm³/mol. The lowest BCUT2D eigenvalue weighted by Crippen LogP contribution is -2.01. The van der Waals surface area contributed by atoms with E-state index >= 15 is 0 Å². The molecule has 0 atom stereocenters. The summed E-state index contributed by atoms with van der Waals surface area (Å²) in [7, 11) is 1.48. The second kappa shape index (κ2) is 6.52. The molecule has 106 valence electrons. The first-order chi connectivity index (χ1) is 9.62. The highest BCUT2D eigenvalue weighted by atomic mass is 35.5. The molecule has 1 heterocycles. The fraction of sp³-hybridized carbons (Fsp3) is 0.286. The van der Waals surface area contributed by atoms with Crippen LogP contribution in [0.3, 0.4) is 0 Å². The van der Waals surface area contributed by atoms with Crippen molar-refractivity contribution in [3.8, 4) is 5.75 Å². The highest BCUT2D eigenvalue weighted by Crippen LogP contribution is 2.28. The Balaban J connectivity index is 2.29. The van der Waals surface area contributed by atoms with Crippen molar-refractivity contribution >= 4 is 23.1 Å². The van der Waals surface area contributed by atoms with Gasteiger partial charge in [-0.1, -0.05) is 18.5 Å². The van der Waals surface area contributed by atoms with Gasteiger partial charge < -0.3 is 10.1 Å². The number of halogens is 2. The van der Waals surface area contributed by atoms with Crippen LogP contribution in [0.4, 0.5) is 15.9 Å². The van der Waals surface area contributed by atoms with Crippen LogP contribution in [0.15, 0.2) is 24.3 Å². The molecule has 4 nitrogen and oxygen atoms in total. The molecular weight excluding hydrogens is 281 g/mol. The summed E-state index contributed by atoms with van der Waals surface area (Å²) in [6.07, 6.45) is 1.68. The zero-order valence-corrected chi connectivity index (χ0v) is 12.0. The van der Waals surface area contributed by atoms with E-state index in [4.69, 9.17) is 16.3 Å². The van der Waals surface area contributed by atoms with Crippen LogP contribution in [0.5, 0.6) is 5.75 Å². The summed E-state index contributed by atoms with van der Waals surface area (Å²) in [5.41, 5.74) is 0.617. The minimum absolute atomic E-state index is 0.361. The molecule has 2 aromatic rings. The number of rotatable bonds is 5. The van der Waals surface area contributed by atoms with Crippen LogP contribution in [0.2, 0.25) is 5.15 Å². The van der Waals surface area contributed by atoms with E-state index in [2.05, 4.69) is 15.3 Å². The summed E-state index contributed by atoms with van der Waals surface area (Å²) in [5.74, 6) is 1.26. The Kier molecular flexibility index (Phi) is 4.74. The third kappa shape index (κ3) is 3.57. The number of aryl methyl sites for hydroxylation is 1. The maximum Gasteiger partial charge on any atom is 0.145 e. The normalized spacial score (nSPS) is 10.4. The summed E-state index contributed by atoms with van der Waals surface area (Å²) in [5, 5.41) is 3.43. The van der Waals surface area contributed by atoms with Gasteiger partial charge >= 0.3 is 0 Å². The molecule has 20 heavy (non-hydrogen) atoms. The first kappa shape index (κ1) is 14.5. The number of aromatic nitrogens is 2. The van der Waals surface area contributed by atoms with Gasteiger partial charge in [0.05, 0.1) is 12.8 Å². The van der Waals surface area contributed by atoms with Gasteiger partial charge in [-0.15, -0.1) is 0 Å². The third-order valence-electron chi connectivity index (χ3n) is 2.64. The summed E-state index contributed by atoms with van der Waals surface area (Å²) in [6.45, 7) is 2.04. The molecule has 1 aromatic carbocycles. The van der Waals surface area contributed by atoms with Crippen LogP contribution < -0.4 is 10.1 Å². The zero-order chi connectivity index (χ0) is 14.5. The highest BCUT2D eigenvalue weighted by Gasteiger charge is 2.08. The number of nitrogens with one attached hydrogen (secondary N) is 1. The summed E-state index contributed by atoms with van der Waals surface area (Å²) in [4.78, 5) is 8.51. The smallest absolute Gasteiger partial charge is 0.145 e. The first-order valence-corrected chi connectivity index (χ1v) is 6.64. The van der Waals surface area contributed by atoms with Crippen LogP contribution in [-0.2, 0) is 6.42 Å². The summed E-state index contributed by atoms with van der Waals surface area (Å²) < 4.78 is 18.3. The minimum Gasteiger partial charge on any atom is -0.494 e. The fourth-order valence-electron chi connectivity index (χ4n) is 1.77. The molecule has 0 aliphatic rings. The Morgan fingerprint density at radius 1 is 1.30 bits per heavy atom. The molecule has 0 bridgehead atoms. The largest absolute Gasteiger partial charge is 0.494 e. The SMILES string of the molecule is CCCc1nc(Cl)cc(Nc2ccc(F)cc2OC)n1. The number of hydrogen-bond donors (Lipinski definition) is 1. The average molecular weight is 296 g/mol. The first-order valence-electron chi connectivity index (χ1n) is 6.26. The van der Waals surface area contributed by atoms with E-state index in [1.54, 1.807) is 12.1 Å². The molecule has 0 spiro atoms. The van der Waals surface area contributed by atoms with Crippen molar-refractivity contribution in [2.75, 3.05) is 12.4 Å². The lowest BCUT2D eigenvalue weighted by Gasteiger charge is -2.11. The molecule has 6 heteroatoms. The monoisotopic (exact) mass is 295 g/mol. The van der Waals surface area contributed by atoms with Gasteiger partial charge in [-0.25, -0.2) is 14.4 Å². The predicted octanol–water partition coefficient (Wildman–Crippen LogP) is 3.97. The fourth-order valence-corrected chi connectivity index (χ4v) is 1.97. The molecule has 0 unspecified atom stereocenters. The Bertz CT molecular complexity index is 607. The molecule has 0 radical (unpaired) electrons. The number of nitrogens with zero attached hydrogens (tertiary/aromatic N) is 2. The number of hydrogen-bond acceptors (Lipinski definition) is 4. The second-order valence-corrected chi connectivity index (χ2v) is 4.60. The van der Waals surface area contributed by atoms with Crippen molar-refractivity contribution in [1.29, 1.82) is 0 Å². The van der Waals surface area contributed by atoms with Gasteiger partial charge in [0.25, 0.3) is 0 Å². The minimum atomic E-state index is -0.361. The van der Waals surface area contributed by atoms with Crippen molar-refractivity contribution in [3.63, 3.8) is 0 Å². The topological polar surface area (TPSA) is 47.0 Å². The maximum absolute atomic E-state index is 13.1. The molecule has 0 amide bonds. The molecule has 1 N–H and O–H groups in total. The molecule has 0 fully saturated rings. The number of benzene rings is 1. The third-order valence-corrected chi connectivity index (χ3v) is 2.83. The van der Waals surface area contributed by atoms with Crippen molar-refractivity contribution in [2.24, 2.45) is 0 Å². The van der Waals surface area contributed by atoms with Crippen LogP contribution in [0, 0.1) is 5.82 Å². The van der Waals surface area contributed by atoms with E-state index in [0.29, 0.717) is 28.2 Å². The van der Waals surface area contributed by atoms with Gasteiger partial charge in [0, 0.05) is 18.6 Å². The van der Waals surface area contributed by atoms with Crippen molar-refractivity contribution in [1.82, 2.24) is 9.97 Å². The van der Waals surface area contributed by atoms with E-state index in [1.165, 1.54) is 19.2 Å². The Morgan fingerprint density at radius 3 is 2.80 bits per heavy atom. The van der Waals surface area contributed by atoms with E-state index in [0.717, 1.165) is 12.8 Å². The van der Waals surface area contributed by atoms with Crippen molar-refractivity contribution < 1.29 is 9.13 Å². The summed E-state index contributed by atoms with van der Waals surface area (Å²) >= 11 is 5.97. The van der Waals surface area contributed by atoms with E-state index in [-0.39, 0.29) is 5.82 Å². The van der Waals surface area contributed by atoms with Gasteiger partial charge in [-0.05, 0) is 18.6 Å². The highest BCUT2D eigenvalue weighted by molar-refractivity contribution is 6.29. The van der Waals surface area contributed by atoms with Gasteiger partial charge in [-0.2, -0.15) is 0 Å². The van der Waals surface area contributed by atoms with Gasteiger partial charge in [0.15, 0.2) is 0 Å². The van der Waals surface area contributed by atoms with Crippen LogP contribution >= 0.6 is 11.6 Å². The standard InChI is InChI=1S/C14H15ClFN3O/c1-3-4-13-18-12(15)8-14(19-13)17-10-6-5-9(16)7-11(10)20-2/h5-8H,3-4H2,1-2H3,(H,17,18,19). The molecule has 2 rings (SSSR count). The molecule has 1 aromatic heterocycles. The van der Waals surface area contributed by atoms with Crippen LogP contribution in [-0.4, -0.2) is 17.1 Å². The van der Waals surface area contributed by atoms with E-state index in [1.807, 2.05) is 6.92 Å². The number of methoxy groups -OCH3 is 1. The molecule has 0 saturated heterocycles. The van der Waals surface area contributed by atoms with E-state index < -0.39 is 0 Å². The van der Waals surface area contributed by atoms with Crippen molar-refractivity contribution in [3.05, 3.63) is 41.1 Å². The molecule has 0 aliphatic heterocycles. The molecular formula is C14H15ClFN3O. The average Bonchev–Trinajstić information content (AvgIpc) is 2.40. The Hall–Kier alpha value is -1.88. The quantitative estimate of drug-likeness (QED) is 0.848. The zero-order valence-electron chi connectivity index (χ0n) is 11.3. The number of ether oxygens (including phenoxy) is 1. The van der Waals surface area contributed by atoms with Gasteiger partial charge in [-0.3, -0.25) is 0 Å². The van der Waals surface area contributed by atoms with E-state index in [9.17, 15) is 4.39 Å². The molecule has 0 aliphatic carbocycles. The molecule has 0 saturated carbocycles. The lowest BCUT2D eigenvalue weighted by molar-refractivity contribution is 0.413. The Labute approximate surface area is 122 Å². The van der Waals surface area contributed by atoms with Gasteiger partial charge in [0.1, 0.15) is 28.4 Å². The van der Waals surface area contributed by atoms with Gasteiger partial charge in [0.2, 0.25) is 0 Å². The number of anilines is 2. The summed E-state index contributed by atoms with van der Waals surface area (Å²) in [6, 6.07) is 5.85. The van der Waals surface area contributed by atoms with Crippen LogP contribution in [0.1, 0.15) is 19.2 Å².